The van der Waals surface area contributed by atoms with Crippen molar-refractivity contribution >= 4 is 21.8 Å². The van der Waals surface area contributed by atoms with Crippen molar-refractivity contribution in [3.05, 3.63) is 54.4 Å². The van der Waals surface area contributed by atoms with Crippen LogP contribution < -0.4 is 5.32 Å². The molecule has 0 aliphatic heterocycles. The van der Waals surface area contributed by atoms with E-state index in [0.29, 0.717) is 13.0 Å². The minimum Gasteiger partial charge on any atom is -0.353 e. The number of nitrogens with zero attached hydrogens (tertiary/aromatic N) is 2. The Bertz CT molecular complexity index is 780. The average molecular weight is 333 g/mol. The highest BCUT2D eigenvalue weighted by atomic mass is 32.2. The van der Waals surface area contributed by atoms with Crippen LogP contribution in [0.4, 0.5) is 0 Å². The summed E-state index contributed by atoms with van der Waals surface area (Å²) in [5.41, 5.74) is 1.75. The van der Waals surface area contributed by atoms with Crippen molar-refractivity contribution in [2.75, 3.05) is 18.6 Å². The third-order valence-corrected chi connectivity index (χ3v) is 4.07. The van der Waals surface area contributed by atoms with Gasteiger partial charge in [0.15, 0.2) is 0 Å². The number of benzene rings is 1. The Labute approximate surface area is 135 Å². The molecule has 0 saturated heterocycles. The van der Waals surface area contributed by atoms with Gasteiger partial charge in [0, 0.05) is 30.6 Å². The highest BCUT2D eigenvalue weighted by Crippen LogP contribution is 2.08. The zero-order chi connectivity index (χ0) is 16.7. The van der Waals surface area contributed by atoms with Gasteiger partial charge in [0.05, 0.1) is 17.6 Å². The lowest BCUT2D eigenvalue weighted by molar-refractivity contribution is -0.116. The summed E-state index contributed by atoms with van der Waals surface area (Å²) in [7, 11) is -2.98. The van der Waals surface area contributed by atoms with E-state index in [2.05, 4.69) is 10.4 Å². The van der Waals surface area contributed by atoms with Crippen LogP contribution in [0.15, 0.2) is 48.8 Å². The van der Waals surface area contributed by atoms with Crippen LogP contribution >= 0.6 is 0 Å². The molecule has 1 aromatic heterocycles. The molecule has 0 atom stereocenters. The smallest absolute Gasteiger partial charge is 0.244 e. The van der Waals surface area contributed by atoms with Crippen LogP contribution in [0.25, 0.3) is 11.8 Å². The van der Waals surface area contributed by atoms with Gasteiger partial charge in [-0.15, -0.1) is 0 Å². The molecule has 1 N–H and O–H groups in total. The summed E-state index contributed by atoms with van der Waals surface area (Å²) >= 11 is 0. The van der Waals surface area contributed by atoms with Crippen LogP contribution in [-0.4, -0.2) is 42.7 Å². The Kier molecular flexibility index (Phi) is 5.70. The second-order valence-electron chi connectivity index (χ2n) is 5.16. The number of rotatable bonds is 7. The zero-order valence-electron chi connectivity index (χ0n) is 12.8. The first kappa shape index (κ1) is 17.0. The number of sulfone groups is 1. The molecule has 7 heteroatoms. The van der Waals surface area contributed by atoms with Gasteiger partial charge in [-0.05, 0) is 24.6 Å². The molecule has 2 rings (SSSR count). The predicted octanol–water partition coefficient (Wildman–Crippen LogP) is 1.44. The zero-order valence-corrected chi connectivity index (χ0v) is 13.7. The van der Waals surface area contributed by atoms with Gasteiger partial charge in [-0.25, -0.2) is 13.1 Å². The maximum absolute atomic E-state index is 11.6. The summed E-state index contributed by atoms with van der Waals surface area (Å²) in [6, 6.07) is 9.67. The molecule has 0 radical (unpaired) electrons. The highest BCUT2D eigenvalue weighted by Gasteiger charge is 2.02. The number of carbonyl (C=O) groups excluding carboxylic acids is 1. The van der Waals surface area contributed by atoms with Crippen LogP contribution in [0.1, 0.15) is 12.0 Å². The van der Waals surface area contributed by atoms with Crippen LogP contribution in [0.5, 0.6) is 0 Å². The van der Waals surface area contributed by atoms with Gasteiger partial charge in [-0.3, -0.25) is 4.79 Å². The molecule has 122 valence electrons. The van der Waals surface area contributed by atoms with Gasteiger partial charge in [0.2, 0.25) is 5.91 Å². The maximum Gasteiger partial charge on any atom is 0.244 e. The summed E-state index contributed by atoms with van der Waals surface area (Å²) in [6.07, 6.45) is 8.15. The topological polar surface area (TPSA) is 81.1 Å². The molecule has 0 aliphatic rings. The second-order valence-corrected chi connectivity index (χ2v) is 7.42. The number of hydrogen-bond donors (Lipinski definition) is 1. The average Bonchev–Trinajstić information content (AvgIpc) is 2.98. The Morgan fingerprint density at radius 2 is 2.04 bits per heavy atom. The third kappa shape index (κ3) is 6.07. The standard InChI is InChI=1S/C16H19N3O3S/c1-23(21,22)11-5-10-17-16(20)9-8-14-12-18-19(13-14)15-6-3-2-4-7-15/h2-4,6-9,12-13H,5,10-11H2,1H3,(H,17,20). The van der Waals surface area contributed by atoms with Crippen LogP contribution in [0.2, 0.25) is 0 Å². The molecule has 1 heterocycles. The SMILES string of the molecule is CS(=O)(=O)CCCNC(=O)C=Cc1cnn(-c2ccccc2)c1. The largest absolute Gasteiger partial charge is 0.353 e. The Balaban J connectivity index is 1.83. The predicted molar refractivity (Wildman–Crippen MR) is 89.9 cm³/mol. The van der Waals surface area contributed by atoms with Crippen molar-refractivity contribution in [2.24, 2.45) is 0 Å². The minimum absolute atomic E-state index is 0.0703. The molecule has 6 nitrogen and oxygen atoms in total. The van der Waals surface area contributed by atoms with Crippen molar-refractivity contribution in [1.29, 1.82) is 0 Å². The molecular weight excluding hydrogens is 314 g/mol. The number of nitrogens with one attached hydrogen (secondary N) is 1. The lowest BCUT2D eigenvalue weighted by Gasteiger charge is -2.00. The van der Waals surface area contributed by atoms with Crippen LogP contribution in [0.3, 0.4) is 0 Å². The number of para-hydroxylation sites is 1. The second kappa shape index (κ2) is 7.73. The van der Waals surface area contributed by atoms with Gasteiger partial charge in [0.1, 0.15) is 9.84 Å². The molecule has 2 aromatic rings. The van der Waals surface area contributed by atoms with Gasteiger partial charge in [-0.1, -0.05) is 18.2 Å². The van der Waals surface area contributed by atoms with Gasteiger partial charge in [0.25, 0.3) is 0 Å². The van der Waals surface area contributed by atoms with E-state index in [4.69, 9.17) is 0 Å². The highest BCUT2D eigenvalue weighted by molar-refractivity contribution is 7.90. The number of carbonyl (C=O) groups is 1. The molecule has 0 unspecified atom stereocenters. The minimum atomic E-state index is -2.98. The van der Waals surface area contributed by atoms with Crippen molar-refractivity contribution in [3.8, 4) is 5.69 Å². The van der Waals surface area contributed by atoms with E-state index in [1.165, 1.54) is 12.3 Å². The molecule has 1 amide bonds. The number of aromatic nitrogens is 2. The van der Waals surface area contributed by atoms with E-state index in [1.54, 1.807) is 17.0 Å². The van der Waals surface area contributed by atoms with E-state index in [9.17, 15) is 13.2 Å². The molecule has 0 aliphatic carbocycles. The van der Waals surface area contributed by atoms with Gasteiger partial charge in [-0.2, -0.15) is 5.10 Å². The molecule has 0 bridgehead atoms. The summed E-state index contributed by atoms with van der Waals surface area (Å²) in [4.78, 5) is 11.6. The number of hydrogen-bond acceptors (Lipinski definition) is 4. The summed E-state index contributed by atoms with van der Waals surface area (Å²) < 4.78 is 23.7. The van der Waals surface area contributed by atoms with E-state index >= 15 is 0 Å². The Hall–Kier alpha value is -2.41. The fourth-order valence-electron chi connectivity index (χ4n) is 1.92. The van der Waals surface area contributed by atoms with E-state index < -0.39 is 9.84 Å². The quantitative estimate of drug-likeness (QED) is 0.614. The van der Waals surface area contributed by atoms with Crippen molar-refractivity contribution < 1.29 is 13.2 Å². The molecule has 0 spiro atoms. The molecule has 1 aromatic carbocycles. The molecule has 0 fully saturated rings. The maximum atomic E-state index is 11.6. The fourth-order valence-corrected chi connectivity index (χ4v) is 2.59. The monoisotopic (exact) mass is 333 g/mol. The lowest BCUT2D eigenvalue weighted by atomic mass is 10.3. The summed E-state index contributed by atoms with van der Waals surface area (Å²) in [6.45, 7) is 0.333. The lowest BCUT2D eigenvalue weighted by Crippen LogP contribution is -2.23. The van der Waals surface area contributed by atoms with E-state index in [-0.39, 0.29) is 11.7 Å². The van der Waals surface area contributed by atoms with Crippen molar-refractivity contribution in [2.45, 2.75) is 6.42 Å². The first-order valence-electron chi connectivity index (χ1n) is 7.18. The van der Waals surface area contributed by atoms with Gasteiger partial charge >= 0.3 is 0 Å². The molecule has 23 heavy (non-hydrogen) atoms. The first-order valence-corrected chi connectivity index (χ1v) is 9.24. The first-order chi connectivity index (χ1) is 10.9. The van der Waals surface area contributed by atoms with Crippen molar-refractivity contribution in [3.63, 3.8) is 0 Å². The van der Waals surface area contributed by atoms with E-state index in [1.807, 2.05) is 36.5 Å². The molecular formula is C16H19N3O3S. The van der Waals surface area contributed by atoms with Crippen molar-refractivity contribution in [1.82, 2.24) is 15.1 Å². The third-order valence-electron chi connectivity index (χ3n) is 3.04. The number of amides is 1. The van der Waals surface area contributed by atoms with Gasteiger partial charge < -0.3 is 5.32 Å². The normalized spacial score (nSPS) is 11.7. The van der Waals surface area contributed by atoms with Crippen LogP contribution in [0, 0.1) is 0 Å². The van der Waals surface area contributed by atoms with E-state index in [0.717, 1.165) is 11.3 Å². The fraction of sp³-hybridized carbons (Fsp3) is 0.250. The molecule has 0 saturated carbocycles. The Morgan fingerprint density at radius 1 is 1.30 bits per heavy atom. The van der Waals surface area contributed by atoms with Crippen LogP contribution in [-0.2, 0) is 14.6 Å². The Morgan fingerprint density at radius 3 is 2.74 bits per heavy atom. The summed E-state index contributed by atoms with van der Waals surface area (Å²) in [5, 5.41) is 6.88. The summed E-state index contributed by atoms with van der Waals surface area (Å²) in [5.74, 6) is -0.188.